The van der Waals surface area contributed by atoms with Gasteiger partial charge in [0.2, 0.25) is 0 Å². The van der Waals surface area contributed by atoms with Crippen LogP contribution in [0.3, 0.4) is 0 Å². The predicted molar refractivity (Wildman–Crippen MR) is 73.7 cm³/mol. The molecule has 3 rings (SSSR count). The van der Waals surface area contributed by atoms with Crippen molar-refractivity contribution in [3.63, 3.8) is 0 Å². The van der Waals surface area contributed by atoms with Gasteiger partial charge in [0.1, 0.15) is 11.3 Å². The van der Waals surface area contributed by atoms with Gasteiger partial charge < -0.3 is 9.88 Å². The van der Waals surface area contributed by atoms with Crippen LogP contribution in [-0.2, 0) is 23.4 Å². The summed E-state index contributed by atoms with van der Waals surface area (Å²) in [7, 11) is -1.33. The molecule has 0 spiro atoms. The van der Waals surface area contributed by atoms with Gasteiger partial charge in [-0.3, -0.25) is 0 Å². The summed E-state index contributed by atoms with van der Waals surface area (Å²) in [4.78, 5) is 4.80. The second-order valence-corrected chi connectivity index (χ2v) is 7.12. The van der Waals surface area contributed by atoms with E-state index in [1.54, 1.807) is 12.1 Å². The van der Waals surface area contributed by atoms with Crippen molar-refractivity contribution in [1.82, 2.24) is 14.9 Å². The summed E-state index contributed by atoms with van der Waals surface area (Å²) >= 11 is 0. The highest BCUT2D eigenvalue weighted by Gasteiger charge is 2.22. The van der Waals surface area contributed by atoms with Crippen LogP contribution in [0.4, 0.5) is 0 Å². The van der Waals surface area contributed by atoms with Crippen molar-refractivity contribution in [2.75, 3.05) is 6.26 Å². The SMILES string of the molecule is Cn1c(CNC2CC2)nc2c(S(C)(=O)=O)cccc21. The molecule has 0 amide bonds. The lowest BCUT2D eigenvalue weighted by Gasteiger charge is -2.03. The Kier molecular flexibility index (Phi) is 2.87. The third kappa shape index (κ3) is 2.37. The lowest BCUT2D eigenvalue weighted by atomic mass is 10.3. The van der Waals surface area contributed by atoms with Crippen LogP contribution in [0, 0.1) is 0 Å². The van der Waals surface area contributed by atoms with Gasteiger partial charge in [-0.1, -0.05) is 6.07 Å². The van der Waals surface area contributed by atoms with E-state index in [9.17, 15) is 8.42 Å². The minimum atomic E-state index is -3.25. The van der Waals surface area contributed by atoms with Gasteiger partial charge in [0.05, 0.1) is 17.0 Å². The number of sulfone groups is 1. The van der Waals surface area contributed by atoms with Gasteiger partial charge in [-0.2, -0.15) is 0 Å². The minimum absolute atomic E-state index is 0.304. The number of hydrogen-bond acceptors (Lipinski definition) is 4. The second kappa shape index (κ2) is 4.31. The monoisotopic (exact) mass is 279 g/mol. The lowest BCUT2D eigenvalue weighted by molar-refractivity contribution is 0.602. The number of nitrogens with one attached hydrogen (secondary N) is 1. The van der Waals surface area contributed by atoms with E-state index in [1.165, 1.54) is 19.1 Å². The summed E-state index contributed by atoms with van der Waals surface area (Å²) < 4.78 is 25.5. The van der Waals surface area contributed by atoms with Crippen molar-refractivity contribution in [3.05, 3.63) is 24.0 Å². The molecule has 1 N–H and O–H groups in total. The molecular weight excluding hydrogens is 262 g/mol. The van der Waals surface area contributed by atoms with Crippen LogP contribution in [0.5, 0.6) is 0 Å². The molecule has 0 unspecified atom stereocenters. The molecule has 2 aromatic rings. The molecule has 1 aliphatic rings. The van der Waals surface area contributed by atoms with Gasteiger partial charge >= 0.3 is 0 Å². The normalized spacial score (nSPS) is 16.1. The van der Waals surface area contributed by atoms with Crippen molar-refractivity contribution < 1.29 is 8.42 Å². The van der Waals surface area contributed by atoms with Crippen molar-refractivity contribution in [3.8, 4) is 0 Å². The second-order valence-electron chi connectivity index (χ2n) is 5.14. The van der Waals surface area contributed by atoms with E-state index in [0.717, 1.165) is 11.3 Å². The Morgan fingerprint density at radius 3 is 2.79 bits per heavy atom. The number of aromatic nitrogens is 2. The van der Waals surface area contributed by atoms with Crippen LogP contribution in [-0.4, -0.2) is 30.3 Å². The van der Waals surface area contributed by atoms with Gasteiger partial charge in [0.15, 0.2) is 9.84 Å². The maximum Gasteiger partial charge on any atom is 0.177 e. The van der Waals surface area contributed by atoms with E-state index in [0.29, 0.717) is 23.0 Å². The highest BCUT2D eigenvalue weighted by Crippen LogP contribution is 2.24. The largest absolute Gasteiger partial charge is 0.330 e. The van der Waals surface area contributed by atoms with E-state index in [2.05, 4.69) is 10.3 Å². The molecule has 0 bridgehead atoms. The number of nitrogens with zero attached hydrogens (tertiary/aromatic N) is 2. The molecule has 0 aliphatic heterocycles. The molecule has 6 heteroatoms. The maximum atomic E-state index is 11.8. The molecule has 1 heterocycles. The molecule has 1 aliphatic carbocycles. The first kappa shape index (κ1) is 12.6. The maximum absolute atomic E-state index is 11.8. The zero-order valence-corrected chi connectivity index (χ0v) is 11.9. The fraction of sp³-hybridized carbons (Fsp3) is 0.462. The Morgan fingerprint density at radius 1 is 1.42 bits per heavy atom. The Balaban J connectivity index is 2.08. The van der Waals surface area contributed by atoms with Crippen LogP contribution in [0.25, 0.3) is 11.0 Å². The first-order valence-corrected chi connectivity index (χ1v) is 8.24. The van der Waals surface area contributed by atoms with Crippen LogP contribution in [0.15, 0.2) is 23.1 Å². The van der Waals surface area contributed by atoms with Crippen molar-refractivity contribution in [1.29, 1.82) is 0 Å². The van der Waals surface area contributed by atoms with Gasteiger partial charge in [0.25, 0.3) is 0 Å². The molecule has 1 aromatic heterocycles. The van der Waals surface area contributed by atoms with Crippen LogP contribution in [0.1, 0.15) is 18.7 Å². The van der Waals surface area contributed by atoms with Crippen molar-refractivity contribution in [2.24, 2.45) is 7.05 Å². The Bertz CT molecular complexity index is 730. The Labute approximate surface area is 112 Å². The average Bonchev–Trinajstić information content (AvgIpc) is 3.11. The number of hydrogen-bond donors (Lipinski definition) is 1. The number of imidazole rings is 1. The van der Waals surface area contributed by atoms with Crippen molar-refractivity contribution >= 4 is 20.9 Å². The summed E-state index contributed by atoms with van der Waals surface area (Å²) in [6, 6.07) is 5.88. The quantitative estimate of drug-likeness (QED) is 0.914. The van der Waals surface area contributed by atoms with Gasteiger partial charge in [-0.15, -0.1) is 0 Å². The highest BCUT2D eigenvalue weighted by molar-refractivity contribution is 7.91. The molecule has 5 nitrogen and oxygen atoms in total. The summed E-state index contributed by atoms with van der Waals surface area (Å²) in [5.74, 6) is 0.873. The fourth-order valence-electron chi connectivity index (χ4n) is 2.22. The van der Waals surface area contributed by atoms with E-state index < -0.39 is 9.84 Å². The smallest absolute Gasteiger partial charge is 0.177 e. The number of benzene rings is 1. The molecule has 0 radical (unpaired) electrons. The molecule has 1 aromatic carbocycles. The first-order valence-electron chi connectivity index (χ1n) is 6.34. The van der Waals surface area contributed by atoms with Crippen molar-refractivity contribution in [2.45, 2.75) is 30.3 Å². The van der Waals surface area contributed by atoms with Crippen LogP contribution < -0.4 is 5.32 Å². The van der Waals surface area contributed by atoms with Gasteiger partial charge in [-0.05, 0) is 25.0 Å². The van der Waals surface area contributed by atoms with Crippen LogP contribution in [0.2, 0.25) is 0 Å². The summed E-state index contributed by atoms with van der Waals surface area (Å²) in [5.41, 5.74) is 1.43. The molecule has 19 heavy (non-hydrogen) atoms. The summed E-state index contributed by atoms with van der Waals surface area (Å²) in [5, 5.41) is 3.40. The first-order chi connectivity index (χ1) is 8.97. The Morgan fingerprint density at radius 2 is 2.16 bits per heavy atom. The summed E-state index contributed by atoms with van der Waals surface area (Å²) in [6.45, 7) is 0.680. The average molecular weight is 279 g/mol. The molecule has 0 atom stereocenters. The third-order valence-electron chi connectivity index (χ3n) is 3.49. The van der Waals surface area contributed by atoms with E-state index >= 15 is 0 Å². The standard InChI is InChI=1S/C13H17N3O2S/c1-16-10-4-3-5-11(19(2,17)18)13(10)15-12(16)8-14-9-6-7-9/h3-5,9,14H,6-8H2,1-2H3. The molecular formula is C13H17N3O2S. The van der Waals surface area contributed by atoms with E-state index in [1.807, 2.05) is 17.7 Å². The van der Waals surface area contributed by atoms with E-state index in [-0.39, 0.29) is 0 Å². The molecule has 1 saturated carbocycles. The number of rotatable bonds is 4. The Hall–Kier alpha value is -1.40. The van der Waals surface area contributed by atoms with Crippen LogP contribution >= 0.6 is 0 Å². The molecule has 1 fully saturated rings. The van der Waals surface area contributed by atoms with E-state index in [4.69, 9.17) is 0 Å². The fourth-order valence-corrected chi connectivity index (χ4v) is 3.04. The van der Waals surface area contributed by atoms with Gasteiger partial charge in [-0.25, -0.2) is 13.4 Å². The number of para-hydroxylation sites is 1. The van der Waals surface area contributed by atoms with Gasteiger partial charge in [0, 0.05) is 19.3 Å². The predicted octanol–water partition coefficient (Wildman–Crippen LogP) is 1.23. The number of fused-ring (bicyclic) bond motifs is 1. The summed E-state index contributed by atoms with van der Waals surface area (Å²) in [6.07, 6.45) is 3.66. The zero-order valence-electron chi connectivity index (χ0n) is 11.0. The zero-order chi connectivity index (χ0) is 13.6. The highest BCUT2D eigenvalue weighted by atomic mass is 32.2. The lowest BCUT2D eigenvalue weighted by Crippen LogP contribution is -2.18. The number of aryl methyl sites for hydroxylation is 1. The minimum Gasteiger partial charge on any atom is -0.330 e. The topological polar surface area (TPSA) is 64.0 Å². The molecule has 0 saturated heterocycles. The third-order valence-corrected chi connectivity index (χ3v) is 4.62. The molecule has 102 valence electrons.